The van der Waals surface area contributed by atoms with Gasteiger partial charge in [-0.3, -0.25) is 4.79 Å². The van der Waals surface area contributed by atoms with Crippen LogP contribution in [0, 0.1) is 20.8 Å². The number of hydrogen-bond acceptors (Lipinski definition) is 3. The van der Waals surface area contributed by atoms with Crippen molar-refractivity contribution in [2.75, 3.05) is 0 Å². The quantitative estimate of drug-likeness (QED) is 0.666. The Hall–Kier alpha value is -2.49. The number of phenolic OH excluding ortho intramolecular Hbond substituents is 1. The minimum atomic E-state index is -0.350. The Balaban J connectivity index is 0. The predicted molar refractivity (Wildman–Crippen MR) is 116 cm³/mol. The van der Waals surface area contributed by atoms with Crippen LogP contribution in [0.1, 0.15) is 63.8 Å². The number of aromatic hydroxyl groups is 1. The monoisotopic (exact) mass is 375 g/mol. The maximum Gasteiger partial charge on any atom is 0.221 e. The summed E-state index contributed by atoms with van der Waals surface area (Å²) in [6.45, 7) is 17.7. The van der Waals surface area contributed by atoms with E-state index in [-0.39, 0.29) is 18.1 Å². The van der Waals surface area contributed by atoms with E-state index < -0.39 is 0 Å². The van der Waals surface area contributed by atoms with E-state index in [4.69, 9.17) is 10.5 Å². The van der Waals surface area contributed by atoms with Crippen LogP contribution in [0.25, 0.3) is 0 Å². The summed E-state index contributed by atoms with van der Waals surface area (Å²) in [7, 11) is 0. The van der Waals surface area contributed by atoms with Crippen LogP contribution in [0.2, 0.25) is 0 Å². The number of benzene rings is 2. The van der Waals surface area contributed by atoms with Crippen LogP contribution in [0.3, 0.4) is 0 Å². The van der Waals surface area contributed by atoms with Crippen molar-refractivity contribution in [3.63, 3.8) is 0 Å². The van der Waals surface area contributed by atoms with Crippen molar-refractivity contribution in [3.8, 4) is 17.2 Å². The van der Waals surface area contributed by atoms with Crippen LogP contribution in [0.15, 0.2) is 30.3 Å². The fraction of sp³-hybridized carbons (Fsp3) is 0.435. The summed E-state index contributed by atoms with van der Waals surface area (Å²) in [5.74, 6) is 1.32. The number of nitrogens with two attached hydrogens (primary N) is 1. The first-order valence-corrected chi connectivity index (χ1v) is 9.72. The highest BCUT2D eigenvalue weighted by molar-refractivity contribution is 5.76. The van der Waals surface area contributed by atoms with Crippen molar-refractivity contribution in [1.29, 1.82) is 0 Å². The van der Waals surface area contributed by atoms with E-state index in [1.54, 1.807) is 18.2 Å². The van der Waals surface area contributed by atoms with Crippen molar-refractivity contribution in [3.05, 3.63) is 52.6 Å². The Morgan fingerprint density at radius 1 is 0.889 bits per heavy atom. The number of ether oxygens (including phenoxy) is 1. The van der Waals surface area contributed by atoms with Gasteiger partial charge in [-0.2, -0.15) is 0 Å². The van der Waals surface area contributed by atoms with Gasteiger partial charge in [0.25, 0.3) is 0 Å². The van der Waals surface area contributed by atoms with Gasteiger partial charge >= 0.3 is 0 Å². The van der Waals surface area contributed by atoms with Gasteiger partial charge in [-0.05, 0) is 61.2 Å². The molecule has 2 rings (SSSR count). The van der Waals surface area contributed by atoms with E-state index in [0.717, 1.165) is 28.0 Å². The van der Waals surface area contributed by atoms with Crippen LogP contribution in [0.5, 0.6) is 17.2 Å². The summed E-state index contributed by atoms with van der Waals surface area (Å²) in [5.41, 5.74) is 8.75. The molecule has 0 atom stereocenters. The van der Waals surface area contributed by atoms with Crippen LogP contribution in [-0.4, -0.2) is 11.0 Å². The molecule has 0 unspecified atom stereocenters. The molecule has 0 saturated heterocycles. The van der Waals surface area contributed by atoms with Gasteiger partial charge in [0.2, 0.25) is 5.91 Å². The summed E-state index contributed by atoms with van der Waals surface area (Å²) in [6.07, 6.45) is 0.222. The number of phenols is 1. The van der Waals surface area contributed by atoms with E-state index in [1.807, 2.05) is 74.4 Å². The number of carbonyl (C=O) groups excluding carboxylic acids is 1. The number of aryl methyl sites for hydroxylation is 3. The second kappa shape index (κ2) is 14.7. The first kappa shape index (κ1) is 26.7. The average molecular weight is 376 g/mol. The summed E-state index contributed by atoms with van der Waals surface area (Å²) >= 11 is 0. The highest BCUT2D eigenvalue weighted by Crippen LogP contribution is 2.32. The molecule has 0 aliphatic heterocycles. The van der Waals surface area contributed by atoms with E-state index in [2.05, 4.69) is 0 Å². The van der Waals surface area contributed by atoms with Crippen molar-refractivity contribution in [2.45, 2.75) is 68.7 Å². The first-order chi connectivity index (χ1) is 12.9. The summed E-state index contributed by atoms with van der Waals surface area (Å²) in [6, 6.07) is 8.92. The predicted octanol–water partition coefficient (Wildman–Crippen LogP) is 6.22. The van der Waals surface area contributed by atoms with Crippen LogP contribution in [0.4, 0.5) is 0 Å². The maximum atomic E-state index is 11.0. The molecule has 0 radical (unpaired) electrons. The minimum absolute atomic E-state index is 0.222. The Labute approximate surface area is 165 Å². The number of amides is 1. The summed E-state index contributed by atoms with van der Waals surface area (Å²) < 4.78 is 5.91. The molecule has 1 amide bonds. The van der Waals surface area contributed by atoms with Crippen LogP contribution < -0.4 is 10.5 Å². The zero-order chi connectivity index (χ0) is 21.6. The zero-order valence-electron chi connectivity index (χ0n) is 18.4. The summed E-state index contributed by atoms with van der Waals surface area (Å²) in [4.78, 5) is 11.0. The molecule has 0 saturated carbocycles. The molecular formula is C23H37NO3. The van der Waals surface area contributed by atoms with Gasteiger partial charge in [-0.1, -0.05) is 53.7 Å². The maximum absolute atomic E-state index is 11.0. The van der Waals surface area contributed by atoms with Gasteiger partial charge in [0.15, 0.2) is 0 Å². The normalized spacial score (nSPS) is 8.78. The molecule has 4 heteroatoms. The van der Waals surface area contributed by atoms with Crippen molar-refractivity contribution in [1.82, 2.24) is 0 Å². The molecule has 27 heavy (non-hydrogen) atoms. The second-order valence-electron chi connectivity index (χ2n) is 5.25. The molecule has 4 nitrogen and oxygen atoms in total. The van der Waals surface area contributed by atoms with Crippen LogP contribution >= 0.6 is 0 Å². The number of primary amides is 1. The SMILES string of the molecule is CC.CC.CC.Cc1cc(Oc2c(C)cc(CC(N)=O)cc2C)ccc1O. The number of rotatable bonds is 4. The molecule has 0 heterocycles. The Bertz CT molecular complexity index is 671. The highest BCUT2D eigenvalue weighted by Gasteiger charge is 2.10. The second-order valence-corrected chi connectivity index (χ2v) is 5.25. The lowest BCUT2D eigenvalue weighted by atomic mass is 10.0. The Kier molecular flexibility index (Phi) is 14.5. The molecule has 2 aromatic carbocycles. The van der Waals surface area contributed by atoms with Gasteiger partial charge in [0.1, 0.15) is 17.2 Å². The van der Waals surface area contributed by atoms with E-state index in [9.17, 15) is 9.90 Å². The van der Waals surface area contributed by atoms with Gasteiger partial charge in [0.05, 0.1) is 6.42 Å². The topological polar surface area (TPSA) is 72.5 Å². The molecule has 0 aliphatic rings. The zero-order valence-corrected chi connectivity index (χ0v) is 18.4. The fourth-order valence-electron chi connectivity index (χ4n) is 2.31. The lowest BCUT2D eigenvalue weighted by Crippen LogP contribution is -2.13. The molecule has 3 N–H and O–H groups in total. The largest absolute Gasteiger partial charge is 0.508 e. The van der Waals surface area contributed by atoms with Crippen LogP contribution in [-0.2, 0) is 11.2 Å². The molecule has 0 aromatic heterocycles. The molecule has 0 spiro atoms. The smallest absolute Gasteiger partial charge is 0.221 e. The van der Waals surface area contributed by atoms with Crippen molar-refractivity contribution < 1.29 is 14.6 Å². The highest BCUT2D eigenvalue weighted by atomic mass is 16.5. The Morgan fingerprint density at radius 3 is 1.78 bits per heavy atom. The third-order valence-electron chi connectivity index (χ3n) is 3.29. The van der Waals surface area contributed by atoms with E-state index >= 15 is 0 Å². The third-order valence-corrected chi connectivity index (χ3v) is 3.29. The van der Waals surface area contributed by atoms with Gasteiger partial charge < -0.3 is 15.6 Å². The average Bonchev–Trinajstić information content (AvgIpc) is 2.65. The number of carbonyl (C=O) groups is 1. The lowest BCUT2D eigenvalue weighted by molar-refractivity contribution is -0.117. The first-order valence-electron chi connectivity index (χ1n) is 9.72. The third kappa shape index (κ3) is 9.13. The lowest BCUT2D eigenvalue weighted by Gasteiger charge is -2.14. The van der Waals surface area contributed by atoms with Gasteiger partial charge in [0, 0.05) is 0 Å². The van der Waals surface area contributed by atoms with Gasteiger partial charge in [-0.25, -0.2) is 0 Å². The Morgan fingerprint density at radius 2 is 1.37 bits per heavy atom. The summed E-state index contributed by atoms with van der Waals surface area (Å²) in [5, 5.41) is 9.54. The van der Waals surface area contributed by atoms with E-state index in [1.165, 1.54) is 0 Å². The minimum Gasteiger partial charge on any atom is -0.508 e. The molecule has 0 aliphatic carbocycles. The fourth-order valence-corrected chi connectivity index (χ4v) is 2.31. The van der Waals surface area contributed by atoms with Crippen molar-refractivity contribution in [2.24, 2.45) is 5.73 Å². The standard InChI is InChI=1S/C17H19NO3.3C2H6/c1-10-8-14(4-5-15(10)19)21-17-11(2)6-13(7-12(17)3)9-16(18)20;3*1-2/h4-8,19H,9H2,1-3H3,(H2,18,20);3*1-2H3. The molecule has 2 aromatic rings. The van der Waals surface area contributed by atoms with Gasteiger partial charge in [-0.15, -0.1) is 0 Å². The van der Waals surface area contributed by atoms with E-state index in [0.29, 0.717) is 5.75 Å². The molecular weight excluding hydrogens is 338 g/mol. The number of hydrogen-bond donors (Lipinski definition) is 2. The molecule has 152 valence electrons. The van der Waals surface area contributed by atoms with Crippen molar-refractivity contribution >= 4 is 5.91 Å². The molecule has 0 fully saturated rings. The molecule has 0 bridgehead atoms.